The van der Waals surface area contributed by atoms with Crippen molar-refractivity contribution in [3.8, 4) is 5.75 Å². The van der Waals surface area contributed by atoms with Crippen LogP contribution in [0.1, 0.15) is 21.8 Å². The monoisotopic (exact) mass is 349 g/mol. The number of rotatable bonds is 5. The van der Waals surface area contributed by atoms with Gasteiger partial charge in [0.1, 0.15) is 23.8 Å². The SMILES string of the molecule is O=C(NCc1ccco1)c1cc(N[C@H]2COc3ccccc3C2)ccn1. The molecule has 1 aromatic carbocycles. The Balaban J connectivity index is 1.39. The van der Waals surface area contributed by atoms with Gasteiger partial charge in [-0.1, -0.05) is 18.2 Å². The van der Waals surface area contributed by atoms with Gasteiger partial charge >= 0.3 is 0 Å². The van der Waals surface area contributed by atoms with Crippen molar-refractivity contribution >= 4 is 11.6 Å². The van der Waals surface area contributed by atoms with E-state index in [-0.39, 0.29) is 11.9 Å². The molecule has 1 aliphatic heterocycles. The van der Waals surface area contributed by atoms with Gasteiger partial charge in [-0.2, -0.15) is 0 Å². The van der Waals surface area contributed by atoms with Gasteiger partial charge in [0.15, 0.2) is 0 Å². The molecule has 26 heavy (non-hydrogen) atoms. The molecule has 132 valence electrons. The molecular weight excluding hydrogens is 330 g/mol. The molecule has 4 rings (SSSR count). The quantitative estimate of drug-likeness (QED) is 0.740. The van der Waals surface area contributed by atoms with E-state index in [1.165, 1.54) is 5.56 Å². The van der Waals surface area contributed by atoms with Gasteiger partial charge in [0.05, 0.1) is 18.8 Å². The highest BCUT2D eigenvalue weighted by Crippen LogP contribution is 2.25. The summed E-state index contributed by atoms with van der Waals surface area (Å²) in [5, 5.41) is 6.22. The van der Waals surface area contributed by atoms with E-state index in [4.69, 9.17) is 9.15 Å². The van der Waals surface area contributed by atoms with Crippen LogP contribution in [0.15, 0.2) is 65.4 Å². The largest absolute Gasteiger partial charge is 0.491 e. The van der Waals surface area contributed by atoms with E-state index < -0.39 is 0 Å². The summed E-state index contributed by atoms with van der Waals surface area (Å²) in [6.45, 7) is 0.914. The number of hydrogen-bond donors (Lipinski definition) is 2. The number of nitrogens with zero attached hydrogens (tertiary/aromatic N) is 1. The van der Waals surface area contributed by atoms with Crippen LogP contribution in [-0.2, 0) is 13.0 Å². The van der Waals surface area contributed by atoms with Crippen LogP contribution < -0.4 is 15.4 Å². The topological polar surface area (TPSA) is 76.4 Å². The standard InChI is InChI=1S/C20H19N3O3/c24-20(22-12-17-5-3-9-25-17)18-11-15(7-8-21-18)23-16-10-14-4-1-2-6-19(14)26-13-16/h1-9,11,16H,10,12-13H2,(H,21,23)(H,22,24)/t16-/m1/s1. The summed E-state index contributed by atoms with van der Waals surface area (Å²) in [4.78, 5) is 16.4. The highest BCUT2D eigenvalue weighted by Gasteiger charge is 2.19. The Morgan fingerprint density at radius 2 is 2.12 bits per heavy atom. The van der Waals surface area contributed by atoms with E-state index in [1.807, 2.05) is 30.3 Å². The van der Waals surface area contributed by atoms with Gasteiger partial charge in [0.2, 0.25) is 0 Å². The lowest BCUT2D eigenvalue weighted by Crippen LogP contribution is -2.33. The number of carbonyl (C=O) groups is 1. The van der Waals surface area contributed by atoms with Crippen LogP contribution in [0.4, 0.5) is 5.69 Å². The first-order valence-corrected chi connectivity index (χ1v) is 8.52. The van der Waals surface area contributed by atoms with E-state index in [1.54, 1.807) is 24.6 Å². The molecular formula is C20H19N3O3. The minimum absolute atomic E-state index is 0.145. The number of amides is 1. The number of nitrogens with one attached hydrogen (secondary N) is 2. The molecule has 0 unspecified atom stereocenters. The Bertz CT molecular complexity index is 893. The summed E-state index contributed by atoms with van der Waals surface area (Å²) in [6, 6.07) is 15.4. The van der Waals surface area contributed by atoms with E-state index in [9.17, 15) is 4.79 Å². The first-order chi connectivity index (χ1) is 12.8. The van der Waals surface area contributed by atoms with Crippen molar-refractivity contribution in [1.29, 1.82) is 0 Å². The average molecular weight is 349 g/mol. The molecule has 0 bridgehead atoms. The zero-order valence-corrected chi connectivity index (χ0v) is 14.1. The molecule has 6 nitrogen and oxygen atoms in total. The zero-order chi connectivity index (χ0) is 17.8. The van der Waals surface area contributed by atoms with E-state index in [0.29, 0.717) is 24.6 Å². The summed E-state index contributed by atoms with van der Waals surface area (Å²) < 4.78 is 11.0. The molecule has 2 aromatic heterocycles. The Morgan fingerprint density at radius 1 is 1.19 bits per heavy atom. The number of aromatic nitrogens is 1. The summed E-state index contributed by atoms with van der Waals surface area (Å²) in [5.41, 5.74) is 2.39. The van der Waals surface area contributed by atoms with Crippen LogP contribution in [-0.4, -0.2) is 23.5 Å². The van der Waals surface area contributed by atoms with Crippen LogP contribution in [0.2, 0.25) is 0 Å². The normalized spacial score (nSPS) is 15.6. The Hall–Kier alpha value is -3.28. The van der Waals surface area contributed by atoms with Gasteiger partial charge in [-0.05, 0) is 42.3 Å². The molecule has 0 saturated carbocycles. The van der Waals surface area contributed by atoms with Crippen LogP contribution in [0.3, 0.4) is 0 Å². The van der Waals surface area contributed by atoms with Crippen molar-refractivity contribution in [2.24, 2.45) is 0 Å². The average Bonchev–Trinajstić information content (AvgIpc) is 3.20. The number of carbonyl (C=O) groups excluding carboxylic acids is 1. The Kier molecular flexibility index (Phi) is 4.55. The summed E-state index contributed by atoms with van der Waals surface area (Å²) >= 11 is 0. The molecule has 1 atom stereocenters. The third kappa shape index (κ3) is 3.69. The first kappa shape index (κ1) is 16.2. The van der Waals surface area contributed by atoms with Gasteiger partial charge in [-0.25, -0.2) is 0 Å². The van der Waals surface area contributed by atoms with Crippen molar-refractivity contribution < 1.29 is 13.9 Å². The molecule has 2 N–H and O–H groups in total. The van der Waals surface area contributed by atoms with Gasteiger partial charge in [0.25, 0.3) is 5.91 Å². The van der Waals surface area contributed by atoms with Crippen molar-refractivity contribution in [2.45, 2.75) is 19.0 Å². The van der Waals surface area contributed by atoms with Crippen molar-refractivity contribution in [3.63, 3.8) is 0 Å². The predicted molar refractivity (Wildman–Crippen MR) is 97.2 cm³/mol. The van der Waals surface area contributed by atoms with E-state index >= 15 is 0 Å². The fourth-order valence-electron chi connectivity index (χ4n) is 2.97. The Morgan fingerprint density at radius 3 is 3.00 bits per heavy atom. The van der Waals surface area contributed by atoms with Gasteiger partial charge in [-0.15, -0.1) is 0 Å². The Labute approximate surface area is 151 Å². The fraction of sp³-hybridized carbons (Fsp3) is 0.200. The van der Waals surface area contributed by atoms with Crippen molar-refractivity contribution in [1.82, 2.24) is 10.3 Å². The summed E-state index contributed by atoms with van der Waals surface area (Å²) in [5.74, 6) is 1.40. The maximum atomic E-state index is 12.3. The first-order valence-electron chi connectivity index (χ1n) is 8.52. The maximum absolute atomic E-state index is 12.3. The second-order valence-electron chi connectivity index (χ2n) is 6.16. The minimum atomic E-state index is -0.240. The second-order valence-corrected chi connectivity index (χ2v) is 6.16. The van der Waals surface area contributed by atoms with Gasteiger partial charge in [0, 0.05) is 11.9 Å². The number of para-hydroxylation sites is 1. The van der Waals surface area contributed by atoms with Crippen LogP contribution in [0.25, 0.3) is 0 Å². The molecule has 3 heterocycles. The number of benzene rings is 1. The number of hydrogen-bond acceptors (Lipinski definition) is 5. The lowest BCUT2D eigenvalue weighted by molar-refractivity contribution is 0.0943. The molecule has 0 radical (unpaired) electrons. The molecule has 0 saturated heterocycles. The second kappa shape index (κ2) is 7.31. The molecule has 6 heteroatoms. The number of furan rings is 1. The third-order valence-electron chi connectivity index (χ3n) is 4.25. The van der Waals surface area contributed by atoms with Gasteiger partial charge < -0.3 is 19.8 Å². The molecule has 0 fully saturated rings. The molecule has 0 aliphatic carbocycles. The lowest BCUT2D eigenvalue weighted by atomic mass is 10.0. The van der Waals surface area contributed by atoms with Crippen LogP contribution >= 0.6 is 0 Å². The summed E-state index contributed by atoms with van der Waals surface area (Å²) in [6.07, 6.45) is 4.08. The smallest absolute Gasteiger partial charge is 0.270 e. The summed E-state index contributed by atoms with van der Waals surface area (Å²) in [7, 11) is 0. The molecule has 1 aliphatic rings. The number of ether oxygens (including phenoxy) is 1. The minimum Gasteiger partial charge on any atom is -0.491 e. The number of pyridine rings is 1. The fourth-order valence-corrected chi connectivity index (χ4v) is 2.97. The van der Waals surface area contributed by atoms with E-state index in [0.717, 1.165) is 17.9 Å². The zero-order valence-electron chi connectivity index (χ0n) is 14.1. The van der Waals surface area contributed by atoms with Crippen LogP contribution in [0.5, 0.6) is 5.75 Å². The van der Waals surface area contributed by atoms with Crippen molar-refractivity contribution in [2.75, 3.05) is 11.9 Å². The number of fused-ring (bicyclic) bond motifs is 1. The molecule has 3 aromatic rings. The third-order valence-corrected chi connectivity index (χ3v) is 4.25. The highest BCUT2D eigenvalue weighted by molar-refractivity contribution is 5.93. The van der Waals surface area contributed by atoms with Gasteiger partial charge in [-0.3, -0.25) is 9.78 Å². The number of anilines is 1. The highest BCUT2D eigenvalue weighted by atomic mass is 16.5. The van der Waals surface area contributed by atoms with Crippen molar-refractivity contribution in [3.05, 3.63) is 78.0 Å². The van der Waals surface area contributed by atoms with Crippen LogP contribution in [0, 0.1) is 0 Å². The molecule has 1 amide bonds. The molecule has 0 spiro atoms. The lowest BCUT2D eigenvalue weighted by Gasteiger charge is -2.26. The predicted octanol–water partition coefficient (Wildman–Crippen LogP) is 3.02. The van der Waals surface area contributed by atoms with E-state index in [2.05, 4.69) is 21.7 Å². The maximum Gasteiger partial charge on any atom is 0.270 e.